The fourth-order valence-corrected chi connectivity index (χ4v) is 3.02. The lowest BCUT2D eigenvalue weighted by molar-refractivity contribution is 0.101. The molecule has 1 aliphatic rings. The second-order valence-corrected chi connectivity index (χ2v) is 6.06. The molecular formula is C17H26N2O2. The summed E-state index contributed by atoms with van der Waals surface area (Å²) in [7, 11) is 6.02. The second kappa shape index (κ2) is 7.05. The van der Waals surface area contributed by atoms with Crippen molar-refractivity contribution in [1.29, 1.82) is 0 Å². The Morgan fingerprint density at radius 1 is 1.48 bits per heavy atom. The minimum absolute atomic E-state index is 0.0963. The molecule has 0 aliphatic carbocycles. The minimum Gasteiger partial charge on any atom is -0.496 e. The van der Waals surface area contributed by atoms with Gasteiger partial charge in [-0.15, -0.1) is 0 Å². The molecule has 1 aromatic rings. The van der Waals surface area contributed by atoms with E-state index in [1.807, 2.05) is 18.2 Å². The monoisotopic (exact) mass is 290 g/mol. The first-order valence-corrected chi connectivity index (χ1v) is 7.58. The number of benzene rings is 1. The number of likely N-dealkylation sites (N-methyl/N-ethyl adjacent to an activating group) is 2. The zero-order valence-corrected chi connectivity index (χ0v) is 13.6. The van der Waals surface area contributed by atoms with Crippen molar-refractivity contribution in [2.75, 3.05) is 34.3 Å². The first-order valence-electron chi connectivity index (χ1n) is 7.58. The molecule has 1 atom stereocenters. The number of ether oxygens (including phenoxy) is 1. The molecule has 1 saturated heterocycles. The highest BCUT2D eigenvalue weighted by atomic mass is 16.5. The van der Waals surface area contributed by atoms with Gasteiger partial charge in [0, 0.05) is 30.3 Å². The van der Waals surface area contributed by atoms with E-state index in [9.17, 15) is 4.79 Å². The number of nitrogens with zero attached hydrogens (tertiary/aromatic N) is 2. The number of Topliss-reactive ketones (excluding diaryl/α,β-unsaturated/α-hetero) is 1. The van der Waals surface area contributed by atoms with Gasteiger partial charge in [-0.05, 0) is 58.6 Å². The second-order valence-electron chi connectivity index (χ2n) is 6.06. The fraction of sp³-hybridized carbons (Fsp3) is 0.588. The molecule has 0 aromatic heterocycles. The third kappa shape index (κ3) is 4.05. The van der Waals surface area contributed by atoms with Gasteiger partial charge >= 0.3 is 0 Å². The number of hydrogen-bond donors (Lipinski definition) is 0. The molecule has 1 unspecified atom stereocenters. The van der Waals surface area contributed by atoms with Crippen LogP contribution in [0.4, 0.5) is 0 Å². The minimum atomic E-state index is 0.0963. The zero-order valence-electron chi connectivity index (χ0n) is 13.6. The summed E-state index contributed by atoms with van der Waals surface area (Å²) in [6.45, 7) is 4.70. The molecule has 0 amide bonds. The van der Waals surface area contributed by atoms with Gasteiger partial charge in [-0.3, -0.25) is 9.69 Å². The molecule has 0 saturated carbocycles. The Balaban J connectivity index is 2.13. The SMILES string of the molecule is COc1ccc(C(C)=O)cc1CN(C)C1CCCN(C)C1. The molecule has 0 bridgehead atoms. The first-order chi connectivity index (χ1) is 10.0. The van der Waals surface area contributed by atoms with Crippen molar-refractivity contribution < 1.29 is 9.53 Å². The summed E-state index contributed by atoms with van der Waals surface area (Å²) in [6.07, 6.45) is 2.48. The first kappa shape index (κ1) is 16.0. The van der Waals surface area contributed by atoms with E-state index in [0.29, 0.717) is 6.04 Å². The summed E-state index contributed by atoms with van der Waals surface area (Å²) in [5.74, 6) is 0.954. The van der Waals surface area contributed by atoms with Gasteiger partial charge in [0.25, 0.3) is 0 Å². The molecule has 0 N–H and O–H groups in total. The van der Waals surface area contributed by atoms with Gasteiger partial charge in [-0.2, -0.15) is 0 Å². The molecule has 1 fully saturated rings. The standard InChI is InChI=1S/C17H26N2O2/c1-13(20)14-7-8-17(21-4)15(10-14)11-19(3)16-6-5-9-18(2)12-16/h7-8,10,16H,5-6,9,11-12H2,1-4H3. The van der Waals surface area contributed by atoms with E-state index in [1.54, 1.807) is 14.0 Å². The lowest BCUT2D eigenvalue weighted by atomic mass is 10.0. The van der Waals surface area contributed by atoms with E-state index in [4.69, 9.17) is 4.74 Å². The van der Waals surface area contributed by atoms with E-state index >= 15 is 0 Å². The topological polar surface area (TPSA) is 32.8 Å². The molecule has 1 aliphatic heterocycles. The third-order valence-electron chi connectivity index (χ3n) is 4.33. The van der Waals surface area contributed by atoms with E-state index in [2.05, 4.69) is 23.9 Å². The number of carbonyl (C=O) groups is 1. The predicted molar refractivity (Wildman–Crippen MR) is 85.0 cm³/mol. The van der Waals surface area contributed by atoms with Gasteiger partial charge in [0.1, 0.15) is 5.75 Å². The third-order valence-corrected chi connectivity index (χ3v) is 4.33. The summed E-state index contributed by atoms with van der Waals surface area (Å²) in [5, 5.41) is 0. The Labute approximate surface area is 127 Å². The summed E-state index contributed by atoms with van der Waals surface area (Å²) in [4.78, 5) is 16.3. The van der Waals surface area contributed by atoms with Crippen LogP contribution < -0.4 is 4.74 Å². The van der Waals surface area contributed by atoms with Gasteiger partial charge in [0.2, 0.25) is 0 Å². The van der Waals surface area contributed by atoms with Crippen LogP contribution in [0.3, 0.4) is 0 Å². The van der Waals surface area contributed by atoms with E-state index < -0.39 is 0 Å². The van der Waals surface area contributed by atoms with Crippen molar-refractivity contribution in [1.82, 2.24) is 9.80 Å². The maximum Gasteiger partial charge on any atom is 0.159 e. The van der Waals surface area contributed by atoms with Gasteiger partial charge in [-0.25, -0.2) is 0 Å². The van der Waals surface area contributed by atoms with Crippen molar-refractivity contribution in [2.24, 2.45) is 0 Å². The van der Waals surface area contributed by atoms with E-state index in [1.165, 1.54) is 19.4 Å². The van der Waals surface area contributed by atoms with Crippen molar-refractivity contribution in [3.05, 3.63) is 29.3 Å². The Hall–Kier alpha value is -1.39. The Morgan fingerprint density at radius 2 is 2.24 bits per heavy atom. The van der Waals surface area contributed by atoms with Crippen molar-refractivity contribution >= 4 is 5.78 Å². The molecule has 1 aromatic carbocycles. The largest absolute Gasteiger partial charge is 0.496 e. The van der Waals surface area contributed by atoms with Crippen LogP contribution >= 0.6 is 0 Å². The number of ketones is 1. The van der Waals surface area contributed by atoms with Crippen LogP contribution in [0.25, 0.3) is 0 Å². The molecule has 4 nitrogen and oxygen atoms in total. The number of likely N-dealkylation sites (tertiary alicyclic amines) is 1. The number of piperidine rings is 1. The number of carbonyl (C=O) groups excluding carboxylic acids is 1. The molecule has 4 heteroatoms. The molecule has 2 rings (SSSR count). The molecule has 0 radical (unpaired) electrons. The van der Waals surface area contributed by atoms with Gasteiger partial charge in [0.05, 0.1) is 7.11 Å². The Bertz CT molecular complexity index is 502. The molecular weight excluding hydrogens is 264 g/mol. The summed E-state index contributed by atoms with van der Waals surface area (Å²) in [5.41, 5.74) is 1.83. The summed E-state index contributed by atoms with van der Waals surface area (Å²) >= 11 is 0. The predicted octanol–water partition coefficient (Wildman–Crippen LogP) is 2.42. The zero-order chi connectivity index (χ0) is 15.4. The highest BCUT2D eigenvalue weighted by Gasteiger charge is 2.22. The van der Waals surface area contributed by atoms with E-state index in [-0.39, 0.29) is 5.78 Å². The average Bonchev–Trinajstić information content (AvgIpc) is 2.47. The summed E-state index contributed by atoms with van der Waals surface area (Å²) in [6, 6.07) is 6.25. The Morgan fingerprint density at radius 3 is 2.86 bits per heavy atom. The van der Waals surface area contributed by atoms with Crippen LogP contribution in [0.1, 0.15) is 35.7 Å². The average molecular weight is 290 g/mol. The lowest BCUT2D eigenvalue weighted by Gasteiger charge is -2.36. The van der Waals surface area contributed by atoms with Crippen LogP contribution in [0.2, 0.25) is 0 Å². The highest BCUT2D eigenvalue weighted by Crippen LogP contribution is 2.24. The van der Waals surface area contributed by atoms with Crippen molar-refractivity contribution in [3.63, 3.8) is 0 Å². The van der Waals surface area contributed by atoms with E-state index in [0.717, 1.165) is 30.0 Å². The number of rotatable bonds is 5. The molecule has 116 valence electrons. The number of hydrogen-bond acceptors (Lipinski definition) is 4. The highest BCUT2D eigenvalue weighted by molar-refractivity contribution is 5.94. The van der Waals surface area contributed by atoms with Crippen LogP contribution in [0, 0.1) is 0 Å². The maximum atomic E-state index is 11.6. The Kier molecular flexibility index (Phi) is 5.37. The van der Waals surface area contributed by atoms with Crippen molar-refractivity contribution in [3.8, 4) is 5.75 Å². The smallest absolute Gasteiger partial charge is 0.159 e. The normalized spacial score (nSPS) is 19.8. The maximum absolute atomic E-state index is 11.6. The van der Waals surface area contributed by atoms with Crippen LogP contribution in [-0.4, -0.2) is 55.9 Å². The fourth-order valence-electron chi connectivity index (χ4n) is 3.02. The van der Waals surface area contributed by atoms with Crippen molar-refractivity contribution in [2.45, 2.75) is 32.4 Å². The van der Waals surface area contributed by atoms with Gasteiger partial charge in [-0.1, -0.05) is 0 Å². The van der Waals surface area contributed by atoms with Crippen LogP contribution in [-0.2, 0) is 6.54 Å². The van der Waals surface area contributed by atoms with Crippen LogP contribution in [0.5, 0.6) is 5.75 Å². The molecule has 21 heavy (non-hydrogen) atoms. The number of methoxy groups -OCH3 is 1. The summed E-state index contributed by atoms with van der Waals surface area (Å²) < 4.78 is 5.44. The van der Waals surface area contributed by atoms with Gasteiger partial charge < -0.3 is 9.64 Å². The van der Waals surface area contributed by atoms with Gasteiger partial charge in [0.15, 0.2) is 5.78 Å². The quantitative estimate of drug-likeness (QED) is 0.780. The van der Waals surface area contributed by atoms with Crippen LogP contribution in [0.15, 0.2) is 18.2 Å². The molecule has 0 spiro atoms. The lowest BCUT2D eigenvalue weighted by Crippen LogP contribution is -2.44. The molecule has 1 heterocycles.